The molecule has 104 valence electrons. The Morgan fingerprint density at radius 3 is 2.89 bits per heavy atom. The number of fused-ring (bicyclic) bond motifs is 1. The number of hydrogen-bond acceptors (Lipinski definition) is 2. The zero-order chi connectivity index (χ0) is 13.7. The van der Waals surface area contributed by atoms with Crippen LogP contribution in [0.5, 0.6) is 0 Å². The average molecular weight is 260 g/mol. The molecule has 0 saturated carbocycles. The molecule has 1 aromatic rings. The van der Waals surface area contributed by atoms with Gasteiger partial charge in [0.1, 0.15) is 0 Å². The minimum absolute atomic E-state index is 0.132. The molecular formula is C16H24N2O. The van der Waals surface area contributed by atoms with E-state index in [0.717, 1.165) is 32.1 Å². The summed E-state index contributed by atoms with van der Waals surface area (Å²) in [6, 6.07) is 8.64. The van der Waals surface area contributed by atoms with Crippen molar-refractivity contribution in [2.45, 2.75) is 45.1 Å². The smallest absolute Gasteiger partial charge is 0.223 e. The highest BCUT2D eigenvalue weighted by molar-refractivity contribution is 5.79. The van der Waals surface area contributed by atoms with Crippen LogP contribution in [-0.2, 0) is 17.6 Å². The fourth-order valence-corrected chi connectivity index (χ4v) is 2.65. The lowest BCUT2D eigenvalue weighted by atomic mass is 9.83. The summed E-state index contributed by atoms with van der Waals surface area (Å²) in [6.45, 7) is 2.77. The highest BCUT2D eigenvalue weighted by atomic mass is 16.1. The van der Waals surface area contributed by atoms with E-state index in [1.54, 1.807) is 0 Å². The molecule has 0 fully saturated rings. The Morgan fingerprint density at radius 1 is 1.42 bits per heavy atom. The molecule has 3 nitrogen and oxygen atoms in total. The van der Waals surface area contributed by atoms with E-state index in [2.05, 4.69) is 36.5 Å². The number of rotatable bonds is 5. The third-order valence-electron chi connectivity index (χ3n) is 4.06. The van der Waals surface area contributed by atoms with Crippen molar-refractivity contribution in [1.82, 2.24) is 5.32 Å². The molecule has 0 aromatic heterocycles. The first-order chi connectivity index (χ1) is 9.20. The van der Waals surface area contributed by atoms with E-state index in [9.17, 15) is 4.79 Å². The molecule has 2 unspecified atom stereocenters. The molecule has 0 bridgehead atoms. The van der Waals surface area contributed by atoms with Crippen molar-refractivity contribution in [2.24, 2.45) is 11.7 Å². The second kappa shape index (κ2) is 6.71. The van der Waals surface area contributed by atoms with Crippen LogP contribution in [0.3, 0.4) is 0 Å². The van der Waals surface area contributed by atoms with E-state index >= 15 is 0 Å². The highest BCUT2D eigenvalue weighted by Crippen LogP contribution is 2.25. The predicted octanol–water partition coefficient (Wildman–Crippen LogP) is 2.04. The standard InChI is InChI=1S/C16H24N2O/c1-2-15(17)9-10-18-16(19)14-8-7-12-5-3-4-6-13(12)11-14/h3-6,14-15H,2,7-11,17H2,1H3,(H,18,19). The van der Waals surface area contributed by atoms with Gasteiger partial charge in [-0.1, -0.05) is 31.2 Å². The molecule has 1 aliphatic rings. The summed E-state index contributed by atoms with van der Waals surface area (Å²) < 4.78 is 0. The molecule has 3 N–H and O–H groups in total. The quantitative estimate of drug-likeness (QED) is 0.851. The van der Waals surface area contributed by atoms with Crippen molar-refractivity contribution in [3.8, 4) is 0 Å². The lowest BCUT2D eigenvalue weighted by Gasteiger charge is -2.24. The zero-order valence-corrected chi connectivity index (χ0v) is 11.7. The van der Waals surface area contributed by atoms with Gasteiger partial charge in [-0.3, -0.25) is 4.79 Å². The molecule has 0 radical (unpaired) electrons. The van der Waals surface area contributed by atoms with Gasteiger partial charge >= 0.3 is 0 Å². The number of nitrogens with two attached hydrogens (primary N) is 1. The summed E-state index contributed by atoms with van der Waals surface area (Å²) in [5, 5.41) is 3.03. The van der Waals surface area contributed by atoms with E-state index in [1.807, 2.05) is 0 Å². The molecule has 2 rings (SSSR count). The van der Waals surface area contributed by atoms with Gasteiger partial charge in [0.15, 0.2) is 0 Å². The van der Waals surface area contributed by atoms with Gasteiger partial charge in [0.2, 0.25) is 5.91 Å². The van der Waals surface area contributed by atoms with Crippen LogP contribution < -0.4 is 11.1 Å². The lowest BCUT2D eigenvalue weighted by molar-refractivity contribution is -0.125. The van der Waals surface area contributed by atoms with Crippen LogP contribution in [0.15, 0.2) is 24.3 Å². The minimum Gasteiger partial charge on any atom is -0.356 e. The summed E-state index contributed by atoms with van der Waals surface area (Å²) in [5.41, 5.74) is 8.58. The summed E-state index contributed by atoms with van der Waals surface area (Å²) in [6.07, 6.45) is 4.69. The van der Waals surface area contributed by atoms with E-state index in [-0.39, 0.29) is 17.9 Å². The van der Waals surface area contributed by atoms with Crippen LogP contribution in [0.2, 0.25) is 0 Å². The first-order valence-electron chi connectivity index (χ1n) is 7.30. The molecule has 1 amide bonds. The number of carbonyl (C=O) groups is 1. The molecule has 2 atom stereocenters. The van der Waals surface area contributed by atoms with Gasteiger partial charge in [0, 0.05) is 18.5 Å². The summed E-state index contributed by atoms with van der Waals surface area (Å²) in [4.78, 5) is 12.1. The van der Waals surface area contributed by atoms with Crippen LogP contribution >= 0.6 is 0 Å². The van der Waals surface area contributed by atoms with Crippen molar-refractivity contribution < 1.29 is 4.79 Å². The Bertz CT molecular complexity index is 431. The molecule has 19 heavy (non-hydrogen) atoms. The van der Waals surface area contributed by atoms with Crippen LogP contribution in [0, 0.1) is 5.92 Å². The second-order valence-electron chi connectivity index (χ2n) is 5.46. The molecule has 0 aliphatic heterocycles. The molecule has 0 saturated heterocycles. The molecule has 3 heteroatoms. The van der Waals surface area contributed by atoms with Crippen LogP contribution in [0.4, 0.5) is 0 Å². The zero-order valence-electron chi connectivity index (χ0n) is 11.7. The first kappa shape index (κ1) is 14.1. The Labute approximate surface area is 115 Å². The molecule has 0 heterocycles. The maximum atomic E-state index is 12.1. The van der Waals surface area contributed by atoms with Gasteiger partial charge in [0.05, 0.1) is 0 Å². The number of benzene rings is 1. The van der Waals surface area contributed by atoms with E-state index in [1.165, 1.54) is 11.1 Å². The van der Waals surface area contributed by atoms with Crippen LogP contribution in [-0.4, -0.2) is 18.5 Å². The Morgan fingerprint density at radius 2 is 2.16 bits per heavy atom. The van der Waals surface area contributed by atoms with Crippen molar-refractivity contribution >= 4 is 5.91 Å². The number of hydrogen-bond donors (Lipinski definition) is 2. The summed E-state index contributed by atoms with van der Waals surface area (Å²) >= 11 is 0. The van der Waals surface area contributed by atoms with Crippen LogP contribution in [0.25, 0.3) is 0 Å². The van der Waals surface area contributed by atoms with Crippen molar-refractivity contribution in [3.63, 3.8) is 0 Å². The number of nitrogens with one attached hydrogen (secondary N) is 1. The Hall–Kier alpha value is -1.35. The molecule has 1 aromatic carbocycles. The van der Waals surface area contributed by atoms with Crippen molar-refractivity contribution in [1.29, 1.82) is 0 Å². The van der Waals surface area contributed by atoms with Crippen LogP contribution in [0.1, 0.15) is 37.3 Å². The van der Waals surface area contributed by atoms with Gasteiger partial charge in [-0.05, 0) is 43.2 Å². The predicted molar refractivity (Wildman–Crippen MR) is 77.9 cm³/mol. The largest absolute Gasteiger partial charge is 0.356 e. The fraction of sp³-hybridized carbons (Fsp3) is 0.562. The highest BCUT2D eigenvalue weighted by Gasteiger charge is 2.23. The Balaban J connectivity index is 1.82. The fourth-order valence-electron chi connectivity index (χ4n) is 2.65. The number of aryl methyl sites for hydroxylation is 1. The van der Waals surface area contributed by atoms with Gasteiger partial charge < -0.3 is 11.1 Å². The molecule has 1 aliphatic carbocycles. The SMILES string of the molecule is CCC(N)CCNC(=O)C1CCc2ccccc2C1. The van der Waals surface area contributed by atoms with Gasteiger partial charge in [-0.2, -0.15) is 0 Å². The third-order valence-corrected chi connectivity index (χ3v) is 4.06. The van der Waals surface area contributed by atoms with E-state index < -0.39 is 0 Å². The number of amides is 1. The number of carbonyl (C=O) groups excluding carboxylic acids is 1. The second-order valence-corrected chi connectivity index (χ2v) is 5.46. The Kier molecular flexibility index (Phi) is 4.97. The van der Waals surface area contributed by atoms with Gasteiger partial charge in [-0.25, -0.2) is 0 Å². The topological polar surface area (TPSA) is 55.1 Å². The van der Waals surface area contributed by atoms with E-state index in [4.69, 9.17) is 5.73 Å². The van der Waals surface area contributed by atoms with Crippen molar-refractivity contribution in [2.75, 3.05) is 6.54 Å². The monoisotopic (exact) mass is 260 g/mol. The first-order valence-corrected chi connectivity index (χ1v) is 7.30. The average Bonchev–Trinajstić information content (AvgIpc) is 2.46. The van der Waals surface area contributed by atoms with Crippen molar-refractivity contribution in [3.05, 3.63) is 35.4 Å². The minimum atomic E-state index is 0.132. The summed E-state index contributed by atoms with van der Waals surface area (Å²) in [7, 11) is 0. The van der Waals surface area contributed by atoms with Gasteiger partial charge in [0.25, 0.3) is 0 Å². The van der Waals surface area contributed by atoms with E-state index in [0.29, 0.717) is 6.54 Å². The third kappa shape index (κ3) is 3.80. The maximum absolute atomic E-state index is 12.1. The molecule has 0 spiro atoms. The lowest BCUT2D eigenvalue weighted by Crippen LogP contribution is -2.36. The molecular weight excluding hydrogens is 236 g/mol. The summed E-state index contributed by atoms with van der Waals surface area (Å²) in [5.74, 6) is 0.325. The normalized spacial score (nSPS) is 19.6. The maximum Gasteiger partial charge on any atom is 0.223 e. The van der Waals surface area contributed by atoms with Gasteiger partial charge in [-0.15, -0.1) is 0 Å².